The van der Waals surface area contributed by atoms with Crippen LogP contribution >= 0.6 is 0 Å². The molecule has 3 heterocycles. The molecule has 15 heteroatoms. The number of aromatic amines is 1. The van der Waals surface area contributed by atoms with Crippen LogP contribution in [0.4, 0.5) is 17.6 Å². The second kappa shape index (κ2) is 9.43. The normalized spacial score (nSPS) is 12.4. The fourth-order valence-corrected chi connectivity index (χ4v) is 2.95. The number of halogens is 4. The maximum atomic E-state index is 15.0. The molecule has 0 aliphatic carbocycles. The van der Waals surface area contributed by atoms with Crippen molar-refractivity contribution in [3.8, 4) is 17.8 Å². The summed E-state index contributed by atoms with van der Waals surface area (Å²) in [4.78, 5) is 29.0. The Kier molecular flexibility index (Phi) is 6.82. The predicted molar refractivity (Wildman–Crippen MR) is 105 cm³/mol. The molecule has 1 atom stereocenters. The van der Waals surface area contributed by atoms with E-state index < -0.39 is 59.9 Å². The number of hydrogen-bond donors (Lipinski definition) is 2. The number of ether oxygens (including phenoxy) is 1. The van der Waals surface area contributed by atoms with Gasteiger partial charge in [0.2, 0.25) is 5.88 Å². The van der Waals surface area contributed by atoms with Crippen molar-refractivity contribution in [2.24, 2.45) is 0 Å². The number of pyridine rings is 1. The third kappa shape index (κ3) is 4.66. The van der Waals surface area contributed by atoms with E-state index in [0.717, 1.165) is 4.57 Å². The molecular formula is C19H17F4N7O4. The largest absolute Gasteiger partial charge is 0.464 e. The topological polar surface area (TPSA) is 152 Å². The first-order valence-corrected chi connectivity index (χ1v) is 9.71. The zero-order valence-electron chi connectivity index (χ0n) is 17.7. The highest BCUT2D eigenvalue weighted by Crippen LogP contribution is 2.29. The first-order valence-electron chi connectivity index (χ1n) is 9.71. The van der Waals surface area contributed by atoms with Crippen LogP contribution in [0.3, 0.4) is 0 Å². The van der Waals surface area contributed by atoms with E-state index in [4.69, 9.17) is 10.00 Å². The number of aliphatic hydroxyl groups is 1. The molecule has 0 aromatic carbocycles. The fraction of sp³-hybridized carbons (Fsp3) is 0.368. The Balaban J connectivity index is 2.14. The molecule has 0 saturated heterocycles. The summed E-state index contributed by atoms with van der Waals surface area (Å²) >= 11 is 0. The molecule has 0 aliphatic heterocycles. The summed E-state index contributed by atoms with van der Waals surface area (Å²) in [5.41, 5.74) is -1.49. The minimum absolute atomic E-state index is 0.0577. The first kappa shape index (κ1) is 24.6. The quantitative estimate of drug-likeness (QED) is 0.361. The summed E-state index contributed by atoms with van der Waals surface area (Å²) in [5, 5.41) is 28.1. The lowest BCUT2D eigenvalue weighted by atomic mass is 10.0. The van der Waals surface area contributed by atoms with Gasteiger partial charge in [-0.3, -0.25) is 14.5 Å². The Morgan fingerprint density at radius 1 is 1.41 bits per heavy atom. The molecule has 0 spiro atoms. The van der Waals surface area contributed by atoms with Gasteiger partial charge in [-0.25, -0.2) is 9.18 Å². The monoisotopic (exact) mass is 483 g/mol. The first-order chi connectivity index (χ1) is 16.0. The van der Waals surface area contributed by atoms with Gasteiger partial charge in [0.05, 0.1) is 11.8 Å². The van der Waals surface area contributed by atoms with Gasteiger partial charge in [0, 0.05) is 18.5 Å². The van der Waals surface area contributed by atoms with Gasteiger partial charge >= 0.3 is 11.9 Å². The number of nitriles is 1. The summed E-state index contributed by atoms with van der Waals surface area (Å²) in [7, 11) is 0. The minimum atomic E-state index is -4.85. The minimum Gasteiger partial charge on any atom is -0.464 e. The Bertz CT molecular complexity index is 1320. The van der Waals surface area contributed by atoms with Gasteiger partial charge in [-0.1, -0.05) is 0 Å². The van der Waals surface area contributed by atoms with Crippen molar-refractivity contribution >= 4 is 5.78 Å². The van der Waals surface area contributed by atoms with Crippen molar-refractivity contribution in [1.82, 2.24) is 29.5 Å². The third-order valence-corrected chi connectivity index (χ3v) is 4.75. The number of aliphatic hydroxyl groups excluding tert-OH is 1. The van der Waals surface area contributed by atoms with E-state index in [1.165, 1.54) is 6.20 Å². The summed E-state index contributed by atoms with van der Waals surface area (Å²) < 4.78 is 60.6. The Morgan fingerprint density at radius 3 is 2.68 bits per heavy atom. The molecule has 0 aliphatic rings. The van der Waals surface area contributed by atoms with Crippen LogP contribution in [-0.4, -0.2) is 52.7 Å². The average Bonchev–Trinajstić information content (AvgIpc) is 3.36. The molecule has 180 valence electrons. The molecule has 3 aromatic rings. The molecule has 0 amide bonds. The van der Waals surface area contributed by atoms with Gasteiger partial charge in [0.25, 0.3) is 0 Å². The highest BCUT2D eigenvalue weighted by molar-refractivity contribution is 5.99. The van der Waals surface area contributed by atoms with Gasteiger partial charge in [-0.15, -0.1) is 5.10 Å². The van der Waals surface area contributed by atoms with E-state index in [1.807, 2.05) is 0 Å². The van der Waals surface area contributed by atoms with Crippen LogP contribution in [0.25, 0.3) is 5.82 Å². The highest BCUT2D eigenvalue weighted by atomic mass is 19.4. The van der Waals surface area contributed by atoms with Crippen molar-refractivity contribution in [2.45, 2.75) is 45.7 Å². The summed E-state index contributed by atoms with van der Waals surface area (Å²) in [5.74, 6) is -4.02. The summed E-state index contributed by atoms with van der Waals surface area (Å²) in [6.45, 7) is 1.61. The predicted octanol–water partition coefficient (Wildman–Crippen LogP) is 1.43. The Hall–Kier alpha value is -4.06. The zero-order chi connectivity index (χ0) is 25.2. The number of rotatable bonds is 8. The van der Waals surface area contributed by atoms with E-state index in [2.05, 4.69) is 20.3 Å². The summed E-state index contributed by atoms with van der Waals surface area (Å²) in [6.07, 6.45) is -6.64. The average molecular weight is 483 g/mol. The maximum Gasteiger partial charge on any atom is 0.425 e. The number of ketones is 1. The number of hydrogen-bond acceptors (Lipinski definition) is 8. The lowest BCUT2D eigenvalue weighted by Crippen LogP contribution is -2.32. The molecule has 2 N–H and O–H groups in total. The molecule has 0 fully saturated rings. The smallest absolute Gasteiger partial charge is 0.425 e. The van der Waals surface area contributed by atoms with Gasteiger partial charge in [0.15, 0.2) is 29.3 Å². The molecule has 0 bridgehead atoms. The van der Waals surface area contributed by atoms with Crippen LogP contribution in [0, 0.1) is 17.1 Å². The summed E-state index contributed by atoms with van der Waals surface area (Å²) in [6, 6.07) is 2.33. The molecule has 3 rings (SSSR count). The van der Waals surface area contributed by atoms with Gasteiger partial charge < -0.3 is 9.84 Å². The third-order valence-electron chi connectivity index (χ3n) is 4.75. The molecule has 3 aromatic heterocycles. The van der Waals surface area contributed by atoms with E-state index in [9.17, 15) is 32.3 Å². The highest BCUT2D eigenvalue weighted by Gasteiger charge is 2.39. The number of carbonyl (C=O) groups is 1. The van der Waals surface area contributed by atoms with Gasteiger partial charge in [0.1, 0.15) is 18.4 Å². The van der Waals surface area contributed by atoms with Gasteiger partial charge in [-0.05, 0) is 19.9 Å². The lowest BCUT2D eigenvalue weighted by Gasteiger charge is -2.19. The Labute approximate surface area is 188 Å². The second-order valence-corrected chi connectivity index (χ2v) is 6.94. The van der Waals surface area contributed by atoms with E-state index in [0.29, 0.717) is 17.7 Å². The van der Waals surface area contributed by atoms with E-state index in [1.54, 1.807) is 13.0 Å². The number of Topliss-reactive ketones (excluding diaryl/α,β-unsaturated/α-hetero) is 1. The second-order valence-electron chi connectivity index (χ2n) is 6.94. The van der Waals surface area contributed by atoms with Crippen LogP contribution in [0.5, 0.6) is 5.88 Å². The Morgan fingerprint density at radius 2 is 2.12 bits per heavy atom. The molecular weight excluding hydrogens is 466 g/mol. The zero-order valence-corrected chi connectivity index (χ0v) is 17.7. The molecule has 34 heavy (non-hydrogen) atoms. The van der Waals surface area contributed by atoms with Crippen LogP contribution in [0.1, 0.15) is 41.3 Å². The number of alkyl halides is 3. The fourth-order valence-electron chi connectivity index (χ4n) is 2.95. The molecule has 0 radical (unpaired) electrons. The van der Waals surface area contributed by atoms with Crippen molar-refractivity contribution in [3.05, 3.63) is 51.2 Å². The number of aromatic nitrogens is 6. The standard InChI is InChI=1S/C19H17F4N7O4/c1-3-29-15(8-31)28-30(18(29)33)16-12(20)5-11(17(26-16)34-9(2)19(21,22)23)14(32)4-10-7-25-27-13(10)6-24/h5,7,9,31H,3-4,8H2,1-2H3,(H,25,27)/t9-/m0/s1. The maximum absolute atomic E-state index is 15.0. The van der Waals surface area contributed by atoms with E-state index >= 15 is 0 Å². The van der Waals surface area contributed by atoms with Crippen molar-refractivity contribution in [2.75, 3.05) is 0 Å². The number of nitrogens with zero attached hydrogens (tertiary/aromatic N) is 6. The molecule has 0 unspecified atom stereocenters. The van der Waals surface area contributed by atoms with Crippen LogP contribution in [-0.2, 0) is 19.6 Å². The number of nitrogens with one attached hydrogen (secondary N) is 1. The van der Waals surface area contributed by atoms with Crippen molar-refractivity contribution in [1.29, 1.82) is 5.26 Å². The van der Waals surface area contributed by atoms with Gasteiger partial charge in [-0.2, -0.15) is 33.2 Å². The van der Waals surface area contributed by atoms with Crippen molar-refractivity contribution in [3.63, 3.8) is 0 Å². The number of carbonyl (C=O) groups excluding carboxylic acids is 1. The van der Waals surface area contributed by atoms with E-state index in [-0.39, 0.29) is 23.6 Å². The molecule has 11 nitrogen and oxygen atoms in total. The van der Waals surface area contributed by atoms with Crippen LogP contribution in [0.2, 0.25) is 0 Å². The van der Waals surface area contributed by atoms with Crippen molar-refractivity contribution < 1.29 is 32.2 Å². The lowest BCUT2D eigenvalue weighted by molar-refractivity contribution is -0.190. The SMILES string of the molecule is CCn1c(CO)nn(-c2nc(O[C@@H](C)C(F)(F)F)c(C(=O)Cc3cn[nH]c3C#N)cc2F)c1=O. The number of H-pyrrole nitrogens is 1. The molecule has 0 saturated carbocycles. The van der Waals surface area contributed by atoms with Crippen LogP contribution in [0.15, 0.2) is 17.1 Å². The van der Waals surface area contributed by atoms with Crippen LogP contribution < -0.4 is 10.4 Å².